The number of carbonyl (C=O) groups excluding carboxylic acids is 1. The minimum absolute atomic E-state index is 0.0344. The summed E-state index contributed by atoms with van der Waals surface area (Å²) in [5, 5.41) is 9.90. The number of H-pyrrole nitrogens is 1. The number of carbonyl (C=O) groups is 1. The van der Waals surface area contributed by atoms with Crippen molar-refractivity contribution < 1.29 is 13.9 Å². The number of rotatable bonds is 5. The van der Waals surface area contributed by atoms with Crippen LogP contribution in [-0.4, -0.2) is 35.0 Å². The molecule has 1 amide bonds. The van der Waals surface area contributed by atoms with Gasteiger partial charge in [-0.15, -0.1) is 0 Å². The molecule has 0 unspecified atom stereocenters. The molecule has 0 spiro atoms. The zero-order chi connectivity index (χ0) is 22.7. The van der Waals surface area contributed by atoms with Crippen LogP contribution in [0.5, 0.6) is 5.75 Å². The lowest BCUT2D eigenvalue weighted by Crippen LogP contribution is -2.41. The summed E-state index contributed by atoms with van der Waals surface area (Å²) in [6.07, 6.45) is 2.23. The number of aromatic nitrogens is 1. The maximum Gasteiger partial charge on any atom is 0.256 e. The van der Waals surface area contributed by atoms with Gasteiger partial charge in [-0.1, -0.05) is 0 Å². The summed E-state index contributed by atoms with van der Waals surface area (Å²) < 4.78 is 19.6. The van der Waals surface area contributed by atoms with Crippen LogP contribution >= 0.6 is 0 Å². The van der Waals surface area contributed by atoms with Crippen LogP contribution in [0.4, 0.5) is 4.39 Å². The average molecular weight is 433 g/mol. The Balaban J connectivity index is 1.31. The van der Waals surface area contributed by atoms with Crippen molar-refractivity contribution in [3.8, 4) is 11.8 Å². The number of aryl methyl sites for hydroxylation is 2. The zero-order valence-electron chi connectivity index (χ0n) is 17.9. The number of amides is 1. The average Bonchev–Trinajstić information content (AvgIpc) is 2.79. The Bertz CT molecular complexity index is 1240. The number of fused-ring (bicyclic) bond motifs is 1. The van der Waals surface area contributed by atoms with Crippen molar-refractivity contribution in [1.29, 1.82) is 5.26 Å². The van der Waals surface area contributed by atoms with Crippen molar-refractivity contribution in [2.75, 3.05) is 13.1 Å². The van der Waals surface area contributed by atoms with Gasteiger partial charge in [0.15, 0.2) is 0 Å². The van der Waals surface area contributed by atoms with Gasteiger partial charge in [-0.2, -0.15) is 5.26 Å². The van der Waals surface area contributed by atoms with Crippen LogP contribution in [0.25, 0.3) is 10.8 Å². The normalized spacial score (nSPS) is 14.3. The number of piperidine rings is 1. The second-order valence-corrected chi connectivity index (χ2v) is 8.14. The Morgan fingerprint density at radius 3 is 2.59 bits per heavy atom. The minimum atomic E-state index is -0.435. The minimum Gasteiger partial charge on any atom is -0.490 e. The summed E-state index contributed by atoms with van der Waals surface area (Å²) in [5.74, 6) is 0.331. The Kier molecular flexibility index (Phi) is 6.22. The monoisotopic (exact) mass is 433 g/mol. The zero-order valence-corrected chi connectivity index (χ0v) is 17.9. The molecule has 0 saturated carbocycles. The van der Waals surface area contributed by atoms with Gasteiger partial charge in [-0.05, 0) is 66.8 Å². The van der Waals surface area contributed by atoms with E-state index in [0.29, 0.717) is 53.5 Å². The first-order chi connectivity index (χ1) is 15.4. The maximum atomic E-state index is 13.6. The maximum absolute atomic E-state index is 13.6. The summed E-state index contributed by atoms with van der Waals surface area (Å²) >= 11 is 0. The lowest BCUT2D eigenvalue weighted by Gasteiger charge is -2.32. The van der Waals surface area contributed by atoms with E-state index in [1.165, 1.54) is 12.1 Å². The Hall–Kier alpha value is -3.66. The summed E-state index contributed by atoms with van der Waals surface area (Å²) in [5.41, 5.74) is 1.62. The van der Waals surface area contributed by atoms with Gasteiger partial charge in [0.1, 0.15) is 17.7 Å². The second kappa shape index (κ2) is 9.23. The van der Waals surface area contributed by atoms with E-state index in [1.807, 2.05) is 11.0 Å². The van der Waals surface area contributed by atoms with Crippen molar-refractivity contribution in [2.24, 2.45) is 0 Å². The van der Waals surface area contributed by atoms with Gasteiger partial charge >= 0.3 is 0 Å². The number of hydrogen-bond acceptors (Lipinski definition) is 4. The third-order valence-corrected chi connectivity index (χ3v) is 5.88. The van der Waals surface area contributed by atoms with Crippen molar-refractivity contribution >= 4 is 16.7 Å². The first-order valence-electron chi connectivity index (χ1n) is 10.7. The van der Waals surface area contributed by atoms with Crippen LogP contribution in [0.2, 0.25) is 0 Å². The fourth-order valence-electron chi connectivity index (χ4n) is 4.12. The van der Waals surface area contributed by atoms with Gasteiger partial charge in [0, 0.05) is 38.0 Å². The Morgan fingerprint density at radius 1 is 1.19 bits per heavy atom. The van der Waals surface area contributed by atoms with Crippen molar-refractivity contribution in [3.05, 3.63) is 75.5 Å². The number of ether oxygens (including phenoxy) is 1. The summed E-state index contributed by atoms with van der Waals surface area (Å²) in [6.45, 7) is 3.00. The van der Waals surface area contributed by atoms with Crippen LogP contribution < -0.4 is 10.3 Å². The van der Waals surface area contributed by atoms with Crippen LogP contribution in [-0.2, 0) is 11.2 Å². The molecule has 1 N–H and O–H groups in total. The fourth-order valence-corrected chi connectivity index (χ4v) is 4.12. The van der Waals surface area contributed by atoms with Gasteiger partial charge in [0.25, 0.3) is 5.56 Å². The number of nitrogens with one attached hydrogen (secondary N) is 1. The van der Waals surface area contributed by atoms with E-state index < -0.39 is 5.82 Å². The number of pyridine rings is 1. The molecule has 0 atom stereocenters. The predicted molar refractivity (Wildman–Crippen MR) is 119 cm³/mol. The number of aromatic amines is 1. The third kappa shape index (κ3) is 4.80. The highest BCUT2D eigenvalue weighted by Crippen LogP contribution is 2.21. The van der Waals surface area contributed by atoms with Gasteiger partial charge in [0.2, 0.25) is 5.91 Å². The first-order valence-corrected chi connectivity index (χ1v) is 10.7. The molecular weight excluding hydrogens is 409 g/mol. The van der Waals surface area contributed by atoms with Crippen molar-refractivity contribution in [3.63, 3.8) is 0 Å². The van der Waals surface area contributed by atoms with Crippen LogP contribution in [0.3, 0.4) is 0 Å². The van der Waals surface area contributed by atoms with Crippen molar-refractivity contribution in [1.82, 2.24) is 9.88 Å². The highest BCUT2D eigenvalue weighted by Gasteiger charge is 2.24. The quantitative estimate of drug-likeness (QED) is 0.662. The molecule has 0 bridgehead atoms. The molecule has 7 heteroatoms. The number of hydrogen-bond donors (Lipinski definition) is 1. The predicted octanol–water partition coefficient (Wildman–Crippen LogP) is 3.85. The number of benzene rings is 2. The molecule has 2 aromatic carbocycles. The molecule has 1 aliphatic heterocycles. The van der Waals surface area contributed by atoms with E-state index in [9.17, 15) is 14.0 Å². The Morgan fingerprint density at radius 2 is 1.91 bits per heavy atom. The molecule has 6 nitrogen and oxygen atoms in total. The molecule has 1 aromatic heterocycles. The number of likely N-dealkylation sites (tertiary alicyclic amines) is 1. The van der Waals surface area contributed by atoms with Crippen molar-refractivity contribution in [2.45, 2.75) is 38.7 Å². The van der Waals surface area contributed by atoms with E-state index >= 15 is 0 Å². The molecule has 4 rings (SSSR count). The highest BCUT2D eigenvalue weighted by molar-refractivity contribution is 5.85. The van der Waals surface area contributed by atoms with E-state index in [-0.39, 0.29) is 17.6 Å². The molecule has 0 radical (unpaired) electrons. The van der Waals surface area contributed by atoms with Crippen LogP contribution in [0.1, 0.15) is 36.1 Å². The number of nitrogens with zero attached hydrogens (tertiary/aromatic N) is 2. The van der Waals surface area contributed by atoms with E-state index in [2.05, 4.69) is 11.1 Å². The summed E-state index contributed by atoms with van der Waals surface area (Å²) in [6, 6.07) is 13.6. The van der Waals surface area contributed by atoms with Gasteiger partial charge in [-0.25, -0.2) is 4.39 Å². The lowest BCUT2D eigenvalue weighted by atomic mass is 10.0. The smallest absolute Gasteiger partial charge is 0.256 e. The van der Waals surface area contributed by atoms with Gasteiger partial charge < -0.3 is 14.6 Å². The molecule has 32 heavy (non-hydrogen) atoms. The second-order valence-electron chi connectivity index (χ2n) is 8.14. The SMILES string of the molecule is Cc1cc(F)cc2c(=O)[nH]c(CCC(=O)N3CCC(Oc4ccc(C#N)cc4)CC3)cc12. The topological polar surface area (TPSA) is 86.2 Å². The number of halogens is 1. The highest BCUT2D eigenvalue weighted by atomic mass is 19.1. The third-order valence-electron chi connectivity index (χ3n) is 5.88. The summed E-state index contributed by atoms with van der Waals surface area (Å²) in [4.78, 5) is 29.6. The lowest BCUT2D eigenvalue weighted by molar-refractivity contribution is -0.132. The molecule has 0 aliphatic carbocycles. The molecule has 3 aromatic rings. The molecule has 1 saturated heterocycles. The molecule has 1 fully saturated rings. The van der Waals surface area contributed by atoms with Gasteiger partial charge in [0.05, 0.1) is 17.0 Å². The Labute approximate surface area is 185 Å². The van der Waals surface area contributed by atoms with Crippen LogP contribution in [0.15, 0.2) is 47.3 Å². The van der Waals surface area contributed by atoms with Crippen LogP contribution in [0, 0.1) is 24.1 Å². The summed E-state index contributed by atoms with van der Waals surface area (Å²) in [7, 11) is 0. The number of nitriles is 1. The molecule has 2 heterocycles. The van der Waals surface area contributed by atoms with E-state index in [1.54, 1.807) is 31.2 Å². The van der Waals surface area contributed by atoms with Gasteiger partial charge in [-0.3, -0.25) is 9.59 Å². The molecule has 164 valence electrons. The van der Waals surface area contributed by atoms with E-state index in [0.717, 1.165) is 18.6 Å². The first kappa shape index (κ1) is 21.6. The van der Waals surface area contributed by atoms with E-state index in [4.69, 9.17) is 10.00 Å². The largest absolute Gasteiger partial charge is 0.490 e. The molecular formula is C25H24FN3O3. The molecule has 1 aliphatic rings. The fraction of sp³-hybridized carbons (Fsp3) is 0.320. The standard InChI is InChI=1S/C25H24FN3O3/c1-16-12-18(26)13-23-22(16)14-19(28-25(23)31)4-7-24(30)29-10-8-21(9-11-29)32-20-5-2-17(15-27)3-6-20/h2-3,5-6,12-14,21H,4,7-11H2,1H3,(H,28,31).